The molecule has 0 N–H and O–H groups in total. The summed E-state index contributed by atoms with van der Waals surface area (Å²) >= 11 is 0. The lowest BCUT2D eigenvalue weighted by Gasteiger charge is -1.98. The highest BCUT2D eigenvalue weighted by Crippen LogP contribution is 1.97. The van der Waals surface area contributed by atoms with Crippen molar-refractivity contribution < 1.29 is 9.53 Å². The topological polar surface area (TPSA) is 57.0 Å². The average Bonchev–Trinajstić information content (AvgIpc) is 2.50. The van der Waals surface area contributed by atoms with Gasteiger partial charge in [-0.05, 0) is 6.92 Å². The van der Waals surface area contributed by atoms with Gasteiger partial charge in [-0.2, -0.15) is 0 Å². The van der Waals surface area contributed by atoms with Gasteiger partial charge in [-0.3, -0.25) is 0 Å². The fourth-order valence-electron chi connectivity index (χ4n) is 0.754. The summed E-state index contributed by atoms with van der Waals surface area (Å²) in [5.41, 5.74) is 0.384. The maximum atomic E-state index is 10.9. The summed E-state index contributed by atoms with van der Waals surface area (Å²) in [5.74, 6) is -0.406. The molecular weight excluding hydrogens is 146 g/mol. The molecule has 1 heterocycles. The molecule has 0 atom stereocenters. The van der Waals surface area contributed by atoms with Crippen LogP contribution in [0.3, 0.4) is 0 Å². The van der Waals surface area contributed by atoms with Crippen LogP contribution in [-0.2, 0) is 11.3 Å². The van der Waals surface area contributed by atoms with Gasteiger partial charge in [-0.15, -0.1) is 5.10 Å². The van der Waals surface area contributed by atoms with Gasteiger partial charge in [0.2, 0.25) is 0 Å². The minimum absolute atomic E-state index is 0.384. The summed E-state index contributed by atoms with van der Waals surface area (Å²) < 4.78 is 5.98. The van der Waals surface area contributed by atoms with Gasteiger partial charge in [-0.1, -0.05) is 5.21 Å². The molecule has 0 unspecified atom stereocenters. The Morgan fingerprint density at radius 3 is 3.09 bits per heavy atom. The molecule has 0 aliphatic carbocycles. The number of aryl methyl sites for hydroxylation is 1. The molecule has 0 bridgehead atoms. The number of hydrogen-bond donors (Lipinski definition) is 0. The van der Waals surface area contributed by atoms with Crippen molar-refractivity contribution in [3.63, 3.8) is 0 Å². The molecule has 0 saturated carbocycles. The van der Waals surface area contributed by atoms with E-state index in [1.165, 1.54) is 18.0 Å². The first-order valence-electron chi connectivity index (χ1n) is 3.26. The van der Waals surface area contributed by atoms with Crippen LogP contribution in [0.25, 0.3) is 0 Å². The molecule has 0 amide bonds. The van der Waals surface area contributed by atoms with E-state index < -0.39 is 5.97 Å². The van der Waals surface area contributed by atoms with Crippen LogP contribution in [0.1, 0.15) is 17.4 Å². The van der Waals surface area contributed by atoms with Gasteiger partial charge in [0, 0.05) is 6.54 Å². The third kappa shape index (κ3) is 1.36. The minimum Gasteiger partial charge on any atom is -0.464 e. The Balaban J connectivity index is 2.92. The summed E-state index contributed by atoms with van der Waals surface area (Å²) in [6, 6.07) is 0. The van der Waals surface area contributed by atoms with E-state index in [9.17, 15) is 4.79 Å². The highest BCUT2D eigenvalue weighted by Gasteiger charge is 2.10. The number of carbonyl (C=O) groups is 1. The molecule has 5 nitrogen and oxygen atoms in total. The normalized spacial score (nSPS) is 9.64. The van der Waals surface area contributed by atoms with Crippen LogP contribution >= 0.6 is 0 Å². The van der Waals surface area contributed by atoms with Crippen LogP contribution in [0.2, 0.25) is 0 Å². The lowest BCUT2D eigenvalue weighted by molar-refractivity contribution is 0.0587. The van der Waals surface area contributed by atoms with Gasteiger partial charge in [0.25, 0.3) is 0 Å². The molecule has 60 valence electrons. The Morgan fingerprint density at radius 2 is 2.55 bits per heavy atom. The van der Waals surface area contributed by atoms with Crippen molar-refractivity contribution in [2.45, 2.75) is 13.5 Å². The summed E-state index contributed by atoms with van der Waals surface area (Å²) in [4.78, 5) is 10.9. The maximum absolute atomic E-state index is 10.9. The quantitative estimate of drug-likeness (QED) is 0.568. The first kappa shape index (κ1) is 7.71. The summed E-state index contributed by atoms with van der Waals surface area (Å²) in [6.07, 6.45) is 1.38. The number of ether oxygens (including phenoxy) is 1. The van der Waals surface area contributed by atoms with Crippen molar-refractivity contribution in [2.75, 3.05) is 7.11 Å². The van der Waals surface area contributed by atoms with E-state index in [1.54, 1.807) is 0 Å². The fraction of sp³-hybridized carbons (Fsp3) is 0.500. The minimum atomic E-state index is -0.406. The van der Waals surface area contributed by atoms with Crippen LogP contribution < -0.4 is 0 Å². The Morgan fingerprint density at radius 1 is 1.82 bits per heavy atom. The van der Waals surface area contributed by atoms with Crippen molar-refractivity contribution >= 4 is 5.97 Å². The van der Waals surface area contributed by atoms with Gasteiger partial charge in [0.15, 0.2) is 5.69 Å². The van der Waals surface area contributed by atoms with Gasteiger partial charge < -0.3 is 4.74 Å². The first-order chi connectivity index (χ1) is 5.29. The van der Waals surface area contributed by atoms with Crippen molar-refractivity contribution in [1.82, 2.24) is 15.0 Å². The molecule has 11 heavy (non-hydrogen) atoms. The number of rotatable bonds is 2. The fourth-order valence-corrected chi connectivity index (χ4v) is 0.754. The number of hydrogen-bond acceptors (Lipinski definition) is 4. The van der Waals surface area contributed by atoms with E-state index in [0.29, 0.717) is 12.2 Å². The van der Waals surface area contributed by atoms with Gasteiger partial charge in [-0.25, -0.2) is 9.48 Å². The number of aromatic nitrogens is 3. The molecular formula is C6H9N3O2. The second-order valence-corrected chi connectivity index (χ2v) is 1.93. The predicted octanol–water partition coefficient (Wildman–Crippen LogP) is 0.0846. The molecule has 0 spiro atoms. The van der Waals surface area contributed by atoms with E-state index >= 15 is 0 Å². The largest absolute Gasteiger partial charge is 0.464 e. The summed E-state index contributed by atoms with van der Waals surface area (Å²) in [6.45, 7) is 2.49. The van der Waals surface area contributed by atoms with Gasteiger partial charge >= 0.3 is 5.97 Å². The molecule has 0 fully saturated rings. The standard InChI is InChI=1S/C6H9N3O2/c1-3-9-5(4-7-8-9)6(10)11-2/h4H,3H2,1-2H3. The van der Waals surface area contributed by atoms with Crippen molar-refractivity contribution in [1.29, 1.82) is 0 Å². The lowest BCUT2D eigenvalue weighted by Crippen LogP contribution is -2.10. The zero-order valence-electron chi connectivity index (χ0n) is 6.44. The van der Waals surface area contributed by atoms with E-state index in [-0.39, 0.29) is 0 Å². The van der Waals surface area contributed by atoms with E-state index in [0.717, 1.165) is 0 Å². The molecule has 0 aliphatic rings. The number of esters is 1. The monoisotopic (exact) mass is 155 g/mol. The number of carbonyl (C=O) groups excluding carboxylic acids is 1. The predicted molar refractivity (Wildman–Crippen MR) is 37.0 cm³/mol. The molecule has 1 aromatic heterocycles. The van der Waals surface area contributed by atoms with Crippen molar-refractivity contribution in [3.8, 4) is 0 Å². The average molecular weight is 155 g/mol. The van der Waals surface area contributed by atoms with Crippen molar-refractivity contribution in [2.24, 2.45) is 0 Å². The lowest BCUT2D eigenvalue weighted by atomic mass is 10.5. The second-order valence-electron chi connectivity index (χ2n) is 1.93. The smallest absolute Gasteiger partial charge is 0.358 e. The molecule has 1 rings (SSSR count). The zero-order valence-corrected chi connectivity index (χ0v) is 6.44. The SMILES string of the molecule is CCn1nncc1C(=O)OC. The van der Waals surface area contributed by atoms with Gasteiger partial charge in [0.1, 0.15) is 0 Å². The molecule has 0 aromatic carbocycles. The van der Waals surface area contributed by atoms with Gasteiger partial charge in [0.05, 0.1) is 13.3 Å². The first-order valence-corrected chi connectivity index (χ1v) is 3.26. The highest BCUT2D eigenvalue weighted by atomic mass is 16.5. The van der Waals surface area contributed by atoms with Crippen molar-refractivity contribution in [3.05, 3.63) is 11.9 Å². The Kier molecular flexibility index (Phi) is 2.20. The Hall–Kier alpha value is -1.39. The van der Waals surface area contributed by atoms with Crippen LogP contribution in [0, 0.1) is 0 Å². The molecule has 1 aromatic rings. The highest BCUT2D eigenvalue weighted by molar-refractivity contribution is 5.86. The second kappa shape index (κ2) is 3.14. The zero-order chi connectivity index (χ0) is 8.27. The van der Waals surface area contributed by atoms with Crippen LogP contribution in [0.5, 0.6) is 0 Å². The maximum Gasteiger partial charge on any atom is 0.358 e. The molecule has 0 radical (unpaired) electrons. The third-order valence-electron chi connectivity index (χ3n) is 1.31. The number of nitrogens with zero attached hydrogens (tertiary/aromatic N) is 3. The van der Waals surface area contributed by atoms with E-state index in [2.05, 4.69) is 15.0 Å². The summed E-state index contributed by atoms with van der Waals surface area (Å²) in [5, 5.41) is 7.24. The molecule has 0 saturated heterocycles. The van der Waals surface area contributed by atoms with Crippen LogP contribution in [-0.4, -0.2) is 28.1 Å². The van der Waals surface area contributed by atoms with Crippen LogP contribution in [0.15, 0.2) is 6.20 Å². The van der Waals surface area contributed by atoms with E-state index in [1.807, 2.05) is 6.92 Å². The Bertz CT molecular complexity index is 256. The van der Waals surface area contributed by atoms with Crippen LogP contribution in [0.4, 0.5) is 0 Å². The van der Waals surface area contributed by atoms with E-state index in [4.69, 9.17) is 0 Å². The third-order valence-corrected chi connectivity index (χ3v) is 1.31. The summed E-state index contributed by atoms with van der Waals surface area (Å²) in [7, 11) is 1.33. The number of methoxy groups -OCH3 is 1. The molecule has 5 heteroatoms. The molecule has 0 aliphatic heterocycles. The Labute approximate surface area is 64.0 Å².